The van der Waals surface area contributed by atoms with E-state index in [0.717, 1.165) is 17.3 Å². The van der Waals surface area contributed by atoms with E-state index in [1.807, 2.05) is 32.8 Å². The van der Waals surface area contributed by atoms with Crippen LogP contribution in [0.1, 0.15) is 32.3 Å². The van der Waals surface area contributed by atoms with E-state index in [-0.39, 0.29) is 18.0 Å². The SMILES string of the molecule is CCC(CC)(C(=O)Cc1cc(Br)ccc1F)N(C)C. The number of nitrogens with zero attached hydrogens (tertiary/aromatic N) is 1. The number of rotatable bonds is 6. The largest absolute Gasteiger partial charge is 0.297 e. The first-order valence-corrected chi connectivity index (χ1v) is 7.31. The van der Waals surface area contributed by atoms with Gasteiger partial charge in [-0.15, -0.1) is 0 Å². The Morgan fingerprint density at radius 2 is 1.89 bits per heavy atom. The molecule has 0 N–H and O–H groups in total. The first kappa shape index (κ1) is 16.3. The number of halogens is 2. The normalized spacial score (nSPS) is 11.9. The lowest BCUT2D eigenvalue weighted by Crippen LogP contribution is -2.51. The molecule has 0 bridgehead atoms. The van der Waals surface area contributed by atoms with Gasteiger partial charge >= 0.3 is 0 Å². The van der Waals surface area contributed by atoms with Crippen LogP contribution in [0, 0.1) is 5.82 Å². The smallest absolute Gasteiger partial charge is 0.157 e. The lowest BCUT2D eigenvalue weighted by Gasteiger charge is -2.37. The van der Waals surface area contributed by atoms with Crippen LogP contribution in [0.2, 0.25) is 0 Å². The van der Waals surface area contributed by atoms with E-state index in [0.29, 0.717) is 5.56 Å². The van der Waals surface area contributed by atoms with Crippen molar-refractivity contribution in [3.05, 3.63) is 34.1 Å². The molecule has 0 aromatic heterocycles. The van der Waals surface area contributed by atoms with Crippen molar-refractivity contribution in [3.8, 4) is 0 Å². The highest BCUT2D eigenvalue weighted by Gasteiger charge is 2.36. The van der Waals surface area contributed by atoms with Gasteiger partial charge in [0.15, 0.2) is 5.78 Å². The zero-order valence-corrected chi connectivity index (χ0v) is 13.6. The molecule has 0 atom stereocenters. The first-order valence-electron chi connectivity index (χ1n) is 6.52. The van der Waals surface area contributed by atoms with Crippen molar-refractivity contribution in [1.82, 2.24) is 4.90 Å². The Labute approximate surface area is 123 Å². The molecule has 0 aliphatic carbocycles. The molecule has 0 spiro atoms. The molecule has 0 radical (unpaired) electrons. The Hall–Kier alpha value is -0.740. The van der Waals surface area contributed by atoms with Gasteiger partial charge in [-0.3, -0.25) is 9.69 Å². The second-order valence-corrected chi connectivity index (χ2v) is 5.88. The van der Waals surface area contributed by atoms with E-state index < -0.39 is 5.54 Å². The van der Waals surface area contributed by atoms with Crippen LogP contribution in [-0.4, -0.2) is 30.3 Å². The number of ketones is 1. The predicted molar refractivity (Wildman–Crippen MR) is 79.8 cm³/mol. The number of likely N-dealkylation sites (N-methyl/N-ethyl adjacent to an activating group) is 1. The molecule has 1 aromatic rings. The van der Waals surface area contributed by atoms with E-state index in [4.69, 9.17) is 0 Å². The van der Waals surface area contributed by atoms with Gasteiger partial charge in [0, 0.05) is 10.9 Å². The summed E-state index contributed by atoms with van der Waals surface area (Å²) in [5, 5.41) is 0. The molecule has 0 amide bonds. The fourth-order valence-corrected chi connectivity index (χ4v) is 2.95. The van der Waals surface area contributed by atoms with Crippen LogP contribution < -0.4 is 0 Å². The molecule has 0 saturated heterocycles. The summed E-state index contributed by atoms with van der Waals surface area (Å²) in [6, 6.07) is 4.71. The summed E-state index contributed by atoms with van der Waals surface area (Å²) in [5.41, 5.74) is -0.0538. The molecule has 19 heavy (non-hydrogen) atoms. The van der Waals surface area contributed by atoms with Crippen LogP contribution in [0.15, 0.2) is 22.7 Å². The van der Waals surface area contributed by atoms with Crippen molar-refractivity contribution in [3.63, 3.8) is 0 Å². The lowest BCUT2D eigenvalue weighted by atomic mass is 9.83. The number of hydrogen-bond acceptors (Lipinski definition) is 2. The summed E-state index contributed by atoms with van der Waals surface area (Å²) in [6.45, 7) is 4.00. The van der Waals surface area contributed by atoms with Crippen molar-refractivity contribution in [1.29, 1.82) is 0 Å². The van der Waals surface area contributed by atoms with Gasteiger partial charge in [0.05, 0.1) is 5.54 Å². The van der Waals surface area contributed by atoms with E-state index in [1.165, 1.54) is 6.07 Å². The fourth-order valence-electron chi connectivity index (χ4n) is 2.54. The molecule has 0 saturated carbocycles. The average Bonchev–Trinajstić information content (AvgIpc) is 2.35. The Morgan fingerprint density at radius 1 is 1.32 bits per heavy atom. The Kier molecular flexibility index (Phi) is 5.68. The van der Waals surface area contributed by atoms with Gasteiger partial charge in [-0.25, -0.2) is 4.39 Å². The molecule has 1 aromatic carbocycles. The van der Waals surface area contributed by atoms with Crippen LogP contribution in [0.3, 0.4) is 0 Å². The maximum atomic E-state index is 13.7. The predicted octanol–water partition coefficient (Wildman–Crippen LogP) is 3.82. The van der Waals surface area contributed by atoms with Gasteiger partial charge < -0.3 is 0 Å². The van der Waals surface area contributed by atoms with E-state index >= 15 is 0 Å². The van der Waals surface area contributed by atoms with Crippen LogP contribution in [0.5, 0.6) is 0 Å². The molecule has 0 aliphatic heterocycles. The second-order valence-electron chi connectivity index (χ2n) is 4.97. The van der Waals surface area contributed by atoms with Crippen LogP contribution in [-0.2, 0) is 11.2 Å². The zero-order valence-electron chi connectivity index (χ0n) is 12.0. The van der Waals surface area contributed by atoms with Gasteiger partial charge in [0.2, 0.25) is 0 Å². The molecular formula is C15H21BrFNO. The number of benzene rings is 1. The minimum absolute atomic E-state index is 0.0690. The summed E-state index contributed by atoms with van der Waals surface area (Å²) >= 11 is 3.31. The van der Waals surface area contributed by atoms with Crippen molar-refractivity contribution in [2.24, 2.45) is 0 Å². The van der Waals surface area contributed by atoms with Crippen molar-refractivity contribution < 1.29 is 9.18 Å². The second kappa shape index (κ2) is 6.62. The highest BCUT2D eigenvalue weighted by atomic mass is 79.9. The summed E-state index contributed by atoms with van der Waals surface area (Å²) < 4.78 is 14.5. The molecule has 0 heterocycles. The quantitative estimate of drug-likeness (QED) is 0.790. The van der Waals surface area contributed by atoms with Crippen LogP contribution in [0.25, 0.3) is 0 Å². The van der Waals surface area contributed by atoms with Gasteiger partial charge in [0.25, 0.3) is 0 Å². The highest BCUT2D eigenvalue weighted by Crippen LogP contribution is 2.26. The van der Waals surface area contributed by atoms with Gasteiger partial charge in [0.1, 0.15) is 5.82 Å². The number of Topliss-reactive ketones (excluding diaryl/α,β-unsaturated/α-hetero) is 1. The third kappa shape index (κ3) is 3.42. The topological polar surface area (TPSA) is 20.3 Å². The molecule has 1 rings (SSSR count). The third-order valence-corrected chi connectivity index (χ3v) is 4.40. The summed E-state index contributed by atoms with van der Waals surface area (Å²) in [4.78, 5) is 14.5. The fraction of sp³-hybridized carbons (Fsp3) is 0.533. The average molecular weight is 330 g/mol. The zero-order chi connectivity index (χ0) is 14.6. The molecule has 2 nitrogen and oxygen atoms in total. The first-order chi connectivity index (χ1) is 8.87. The summed E-state index contributed by atoms with van der Waals surface area (Å²) in [6.07, 6.45) is 1.58. The van der Waals surface area contributed by atoms with Crippen molar-refractivity contribution >= 4 is 21.7 Å². The van der Waals surface area contributed by atoms with Gasteiger partial charge in [-0.1, -0.05) is 29.8 Å². The van der Waals surface area contributed by atoms with Crippen LogP contribution in [0.4, 0.5) is 4.39 Å². The highest BCUT2D eigenvalue weighted by molar-refractivity contribution is 9.10. The van der Waals surface area contributed by atoms with Crippen LogP contribution >= 0.6 is 15.9 Å². The number of carbonyl (C=O) groups is 1. The Balaban J connectivity index is 3.03. The molecule has 0 fully saturated rings. The minimum atomic E-state index is -0.505. The molecule has 0 aliphatic rings. The number of hydrogen-bond donors (Lipinski definition) is 0. The maximum absolute atomic E-state index is 13.7. The third-order valence-electron chi connectivity index (χ3n) is 3.90. The molecule has 106 valence electrons. The maximum Gasteiger partial charge on any atom is 0.157 e. The van der Waals surface area contributed by atoms with Gasteiger partial charge in [-0.05, 0) is 50.7 Å². The number of carbonyl (C=O) groups excluding carboxylic acids is 1. The monoisotopic (exact) mass is 329 g/mol. The van der Waals surface area contributed by atoms with Gasteiger partial charge in [-0.2, -0.15) is 0 Å². The van der Waals surface area contributed by atoms with E-state index in [1.54, 1.807) is 12.1 Å². The standard InChI is InChI=1S/C15H21BrFNO/c1-5-15(6-2,18(3)4)14(19)10-11-9-12(16)7-8-13(11)17/h7-9H,5-6,10H2,1-4H3. The Bertz CT molecular complexity index is 455. The lowest BCUT2D eigenvalue weighted by molar-refractivity contribution is -0.129. The van der Waals surface area contributed by atoms with Crippen molar-refractivity contribution in [2.45, 2.75) is 38.6 Å². The molecule has 0 unspecified atom stereocenters. The summed E-state index contributed by atoms with van der Waals surface area (Å²) in [7, 11) is 3.81. The van der Waals surface area contributed by atoms with Crippen molar-refractivity contribution in [2.75, 3.05) is 14.1 Å². The Morgan fingerprint density at radius 3 is 2.37 bits per heavy atom. The van der Waals surface area contributed by atoms with E-state index in [9.17, 15) is 9.18 Å². The summed E-state index contributed by atoms with van der Waals surface area (Å²) in [5.74, 6) is -0.254. The molecular weight excluding hydrogens is 309 g/mol. The van der Waals surface area contributed by atoms with E-state index in [2.05, 4.69) is 15.9 Å². The molecule has 4 heteroatoms. The minimum Gasteiger partial charge on any atom is -0.297 e.